The maximum absolute atomic E-state index is 14.4. The first-order valence-corrected chi connectivity index (χ1v) is 11.2. The summed E-state index contributed by atoms with van der Waals surface area (Å²) in [5.74, 6) is -82.5. The van der Waals surface area contributed by atoms with Crippen molar-refractivity contribution < 1.29 is 170 Å². The molecule has 1 amide bonds. The fraction of sp³-hybridized carbons (Fsp3) is 0.526. The van der Waals surface area contributed by atoms with Crippen LogP contribution in [0.25, 0.3) is 0 Å². The van der Waals surface area contributed by atoms with Crippen LogP contribution in [0.2, 0.25) is 0 Å². The third-order valence-corrected chi connectivity index (χ3v) is 5.85. The molecule has 1 aromatic rings. The van der Waals surface area contributed by atoms with Crippen LogP contribution in [0.5, 0.6) is 0 Å². The van der Waals surface area contributed by atoms with E-state index in [1.807, 2.05) is 0 Å². The molecule has 1 aromatic carbocycles. The molecular weight excluding hydrogens is 985 g/mol. The van der Waals surface area contributed by atoms with Crippen molar-refractivity contribution in [3.8, 4) is 0 Å². The van der Waals surface area contributed by atoms with Crippen LogP contribution in [0.15, 0.2) is 11.8 Å². The van der Waals surface area contributed by atoms with Gasteiger partial charge in [0.1, 0.15) is 5.56 Å². The molecule has 0 spiro atoms. The van der Waals surface area contributed by atoms with Crippen molar-refractivity contribution in [3.63, 3.8) is 0 Å². The molecule has 0 aromatic heterocycles. The summed E-state index contributed by atoms with van der Waals surface area (Å²) in [5.41, 5.74) is -4.97. The van der Waals surface area contributed by atoms with Gasteiger partial charge >= 0.3 is 72.5 Å². The van der Waals surface area contributed by atoms with E-state index in [1.165, 1.54) is 4.74 Å². The fourth-order valence-corrected chi connectivity index (χ4v) is 3.09. The highest BCUT2D eigenvalue weighted by atomic mass is 127. The minimum Gasteiger partial charge on any atom is -1.00 e. The van der Waals surface area contributed by atoms with E-state index in [-0.39, 0.29) is 24.0 Å². The van der Waals surface area contributed by atoms with Crippen LogP contribution in [0.4, 0.5) is 132 Å². The minimum absolute atomic E-state index is 0. The van der Waals surface area contributed by atoms with E-state index in [1.54, 1.807) is 0 Å². The smallest absolute Gasteiger partial charge is 0.612 e. The van der Waals surface area contributed by atoms with Gasteiger partial charge in [-0.15, -0.1) is 35.1 Å². The Bertz CT molecular complexity index is 1580. The molecule has 0 unspecified atom stereocenters. The van der Waals surface area contributed by atoms with E-state index >= 15 is 0 Å². The van der Waals surface area contributed by atoms with Crippen molar-refractivity contribution in [2.75, 3.05) is 0 Å². The molecule has 54 heavy (non-hydrogen) atoms. The second-order valence-electron chi connectivity index (χ2n) is 9.11. The minimum atomic E-state index is -9.36. The number of amides is 1. The molecule has 0 saturated carbocycles. The Morgan fingerprint density at radius 2 is 0.778 bits per heavy atom. The number of hydrogen-bond acceptors (Lipinski definition) is 2. The van der Waals surface area contributed by atoms with Crippen LogP contribution < -0.4 is 29.4 Å². The normalized spacial score (nSPS) is 15.4. The number of quaternary nitrogens is 1. The van der Waals surface area contributed by atoms with E-state index in [0.717, 1.165) is 0 Å². The maximum atomic E-state index is 14.4. The second kappa shape index (κ2) is 14.1. The summed E-state index contributed by atoms with van der Waals surface area (Å²) >= 11 is 0. The molecule has 4 nitrogen and oxygen atoms in total. The van der Waals surface area contributed by atoms with Gasteiger partial charge in [0.15, 0.2) is 23.3 Å². The molecule has 1 N–H and O–H groups in total. The Balaban J connectivity index is 0.0000281. The first kappa shape index (κ1) is 50.8. The zero-order valence-corrected chi connectivity index (χ0v) is 25.1. The molecule has 0 aliphatic heterocycles. The molecule has 0 heterocycles. The van der Waals surface area contributed by atoms with E-state index < -0.39 is 123 Å². The van der Waals surface area contributed by atoms with Crippen LogP contribution >= 0.6 is 0 Å². The van der Waals surface area contributed by atoms with E-state index in [0.29, 0.717) is 0 Å². The van der Waals surface area contributed by atoms with Crippen molar-refractivity contribution in [1.29, 1.82) is 0 Å². The number of benzene rings is 1. The van der Waals surface area contributed by atoms with Crippen molar-refractivity contribution in [2.45, 2.75) is 60.5 Å². The number of carbonyl (C=O) groups excluding carboxylic acids is 1. The number of nitrogens with zero attached hydrogens (tertiary/aromatic N) is 1. The van der Waals surface area contributed by atoms with Gasteiger partial charge in [-0.25, -0.2) is 22.0 Å². The predicted molar refractivity (Wildman–Crippen MR) is 97.1 cm³/mol. The van der Waals surface area contributed by atoms with Crippen LogP contribution in [0.1, 0.15) is 10.4 Å². The Hall–Kier alpha value is -3.18. The summed E-state index contributed by atoms with van der Waals surface area (Å²) < 4.78 is 397. The summed E-state index contributed by atoms with van der Waals surface area (Å²) in [7, 11) is 0. The summed E-state index contributed by atoms with van der Waals surface area (Å²) in [5, 5.41) is 0. The molecule has 1 rings (SSSR count). The summed E-state index contributed by atoms with van der Waals surface area (Å²) in [6.45, 7) is 0. The van der Waals surface area contributed by atoms with Gasteiger partial charge in [-0.05, 0) is 0 Å². The molecule has 0 radical (unpaired) electrons. The van der Waals surface area contributed by atoms with Crippen molar-refractivity contribution >= 4 is 5.91 Å². The van der Waals surface area contributed by atoms with Gasteiger partial charge in [-0.1, -0.05) is 0 Å². The number of hydrogen-bond donors (Lipinski definition) is 1. The van der Waals surface area contributed by atoms with Crippen LogP contribution in [0.3, 0.4) is 0 Å². The van der Waals surface area contributed by atoms with E-state index in [9.17, 15) is 137 Å². The monoisotopic (exact) mass is 986 g/mol. The highest BCUT2D eigenvalue weighted by Crippen LogP contribution is 2.63. The number of halogens is 31. The summed E-state index contributed by atoms with van der Waals surface area (Å²) in [4.78, 5) is 11.8. The molecule has 0 bridgehead atoms. The summed E-state index contributed by atoms with van der Waals surface area (Å²) in [6, 6.07) is -5.65. The third-order valence-electron chi connectivity index (χ3n) is 5.85. The van der Waals surface area contributed by atoms with Crippen LogP contribution in [-0.2, 0) is 4.74 Å². The van der Waals surface area contributed by atoms with E-state index in [2.05, 4.69) is 0 Å². The van der Waals surface area contributed by atoms with Crippen molar-refractivity contribution in [2.24, 2.45) is 0 Å². The average molecular weight is 986 g/mol. The number of nitrogens with one attached hydrogen (secondary N) is 1. The number of ether oxygens (including phenoxy) is 1. The second-order valence-corrected chi connectivity index (χ2v) is 9.11. The Morgan fingerprint density at radius 3 is 1.09 bits per heavy atom. The van der Waals surface area contributed by atoms with Gasteiger partial charge in [0.2, 0.25) is 11.6 Å². The Kier molecular flexibility index (Phi) is 13.3. The molecular formula is C19HF30IN2O2. The molecule has 0 aliphatic carbocycles. The van der Waals surface area contributed by atoms with Crippen LogP contribution in [-0.4, -0.2) is 71.0 Å². The molecule has 35 heteroatoms. The average Bonchev–Trinajstić information content (AvgIpc) is 2.94. The highest BCUT2D eigenvalue weighted by molar-refractivity contribution is 5.94. The number of carbonyl (C=O) groups is 1. The summed E-state index contributed by atoms with van der Waals surface area (Å²) in [6.07, 6.45) is -33.5. The van der Waals surface area contributed by atoms with E-state index in [4.69, 9.17) is 0 Å². The lowest BCUT2D eigenvalue weighted by Crippen LogP contribution is -3.00. The standard InChI is InChI=1S/C19F30N2O2.HI/c20-2-1(3(21)5(23)6(24)4(2)22)9(52)50-51(17(42,43)44,18(45,46)47)19(48,49)53-8(26)7(25)10(27,28)11(29,30)12(31,32)13(33,34)14(35,36)15(37,38)16(39,40)41;/h;1H. The number of allylic oxidation sites excluding steroid dienone is 1. The molecule has 316 valence electrons. The quantitative estimate of drug-likeness (QED) is 0.0301. The number of rotatable bonds is 11. The molecule has 0 aliphatic rings. The predicted octanol–water partition coefficient (Wildman–Crippen LogP) is 6.94. The Labute approximate surface area is 288 Å². The van der Waals surface area contributed by atoms with Gasteiger partial charge in [0, 0.05) is 0 Å². The largest absolute Gasteiger partial charge is 1.00 e. The molecule has 0 saturated heterocycles. The lowest BCUT2D eigenvalue weighted by Gasteiger charge is -2.41. The van der Waals surface area contributed by atoms with Gasteiger partial charge in [-0.3, -0.25) is 4.79 Å². The first-order chi connectivity index (χ1) is 22.8. The zero-order chi connectivity index (χ0) is 43.1. The van der Waals surface area contributed by atoms with Gasteiger partial charge in [0.05, 0.1) is 4.59 Å². The maximum Gasteiger partial charge on any atom is 0.612 e. The lowest BCUT2D eigenvalue weighted by atomic mass is 9.91. The first-order valence-electron chi connectivity index (χ1n) is 11.2. The third kappa shape index (κ3) is 7.05. The van der Waals surface area contributed by atoms with Crippen molar-refractivity contribution in [3.05, 3.63) is 46.5 Å². The van der Waals surface area contributed by atoms with Crippen molar-refractivity contribution in [1.82, 2.24) is 5.43 Å². The number of alkyl halides is 23. The SMILES string of the molecule is O=C(N[N+](C(F)(F)F)(C(F)(F)F)C(F)(F)OC(F)=C(F)C(F)(F)C(F)(F)C(F)(F)C(F)(F)C(F)(F)C(F)(F)C(F)(F)F)c1c(F)c(F)c(F)c(F)c1F.[I-]. The lowest BCUT2D eigenvalue weighted by molar-refractivity contribution is -1.20. The fourth-order valence-electron chi connectivity index (χ4n) is 3.09. The Morgan fingerprint density at radius 1 is 0.481 bits per heavy atom. The molecule has 0 fully saturated rings. The van der Waals surface area contributed by atoms with Gasteiger partial charge in [-0.2, -0.15) is 80.1 Å². The van der Waals surface area contributed by atoms with Gasteiger partial charge < -0.3 is 28.7 Å². The van der Waals surface area contributed by atoms with Crippen LogP contribution in [0, 0.1) is 29.1 Å². The molecule has 0 atom stereocenters. The zero-order valence-electron chi connectivity index (χ0n) is 23.0. The highest BCUT2D eigenvalue weighted by Gasteiger charge is 2.94. The van der Waals surface area contributed by atoms with Gasteiger partial charge in [0.25, 0.3) is 0 Å². The topological polar surface area (TPSA) is 38.3 Å².